The van der Waals surface area contributed by atoms with E-state index in [1.807, 2.05) is 0 Å². The van der Waals surface area contributed by atoms with Gasteiger partial charge in [0.15, 0.2) is 0 Å². The molecule has 98 valence electrons. The van der Waals surface area contributed by atoms with Gasteiger partial charge in [0.05, 0.1) is 26.0 Å². The Hall–Kier alpha value is -2.48. The van der Waals surface area contributed by atoms with Crippen molar-refractivity contribution in [3.63, 3.8) is 0 Å². The fraction of sp³-hybridized carbons (Fsp3) is 0.200. The van der Waals surface area contributed by atoms with Gasteiger partial charge in [0.1, 0.15) is 17.2 Å². The highest BCUT2D eigenvalue weighted by Gasteiger charge is 2.09. The number of hydrogen-bond acceptors (Lipinski definition) is 6. The van der Waals surface area contributed by atoms with E-state index >= 15 is 0 Å². The quantitative estimate of drug-likeness (QED) is 0.342. The van der Waals surface area contributed by atoms with Crippen LogP contribution in [0.1, 0.15) is 5.56 Å². The van der Waals surface area contributed by atoms with E-state index < -0.39 is 0 Å². The minimum absolute atomic E-state index is 0.0827. The van der Waals surface area contributed by atoms with Crippen LogP contribution in [0.3, 0.4) is 0 Å². The second-order valence-electron chi connectivity index (χ2n) is 3.10. The molecule has 0 atom stereocenters. The van der Waals surface area contributed by atoms with Gasteiger partial charge in [-0.25, -0.2) is 5.48 Å². The number of rotatable bonds is 4. The maximum absolute atomic E-state index is 9.76. The molecule has 8 heteroatoms. The Kier molecular flexibility index (Phi) is 4.76. The van der Waals surface area contributed by atoms with Gasteiger partial charge in [-0.15, -0.1) is 5.10 Å². The molecule has 0 saturated heterocycles. The molecule has 0 aromatic heterocycles. The molecule has 1 aromatic rings. The van der Waals surface area contributed by atoms with E-state index in [0.29, 0.717) is 17.1 Å². The van der Waals surface area contributed by atoms with Gasteiger partial charge in [0.2, 0.25) is 5.96 Å². The molecule has 0 radical (unpaired) electrons. The summed E-state index contributed by atoms with van der Waals surface area (Å²) in [5.74, 6) is 0.446. The molecular formula is C10H14N4O4. The Morgan fingerprint density at radius 3 is 2.67 bits per heavy atom. The first-order valence-electron chi connectivity index (χ1n) is 4.84. The zero-order chi connectivity index (χ0) is 13.5. The van der Waals surface area contributed by atoms with Gasteiger partial charge in [0, 0.05) is 12.1 Å². The zero-order valence-electron chi connectivity index (χ0n) is 9.91. The predicted octanol–water partition coefficient (Wildman–Crippen LogP) is 0.0368. The van der Waals surface area contributed by atoms with Crippen molar-refractivity contribution in [1.82, 2.24) is 5.48 Å². The first-order valence-corrected chi connectivity index (χ1v) is 4.84. The smallest absolute Gasteiger partial charge is 0.237 e. The Balaban J connectivity index is 3.08. The summed E-state index contributed by atoms with van der Waals surface area (Å²) in [7, 11) is 2.92. The number of ether oxygens (including phenoxy) is 2. The molecule has 0 aliphatic rings. The molecule has 0 aliphatic heterocycles. The minimum Gasteiger partial charge on any atom is -0.507 e. The third-order valence-corrected chi connectivity index (χ3v) is 2.02. The standard InChI is InChI=1S/C10H14N4O4/c1-17-6-3-8(15)7(9(4-6)18-2)5-12-13-10(11)14-16/h3-5,15-16H,1-2H3,(H3,11,13,14)/b12-5+. The van der Waals surface area contributed by atoms with E-state index in [1.165, 1.54) is 26.5 Å². The number of guanidine groups is 1. The van der Waals surface area contributed by atoms with Crippen LogP contribution in [-0.4, -0.2) is 36.7 Å². The molecule has 0 heterocycles. The summed E-state index contributed by atoms with van der Waals surface area (Å²) in [5.41, 5.74) is 7.08. The van der Waals surface area contributed by atoms with Crippen molar-refractivity contribution in [1.29, 1.82) is 0 Å². The Morgan fingerprint density at radius 1 is 1.39 bits per heavy atom. The molecule has 0 spiro atoms. The lowest BCUT2D eigenvalue weighted by molar-refractivity contribution is 0.232. The molecule has 1 aromatic carbocycles. The number of nitrogens with two attached hydrogens (primary N) is 1. The molecular weight excluding hydrogens is 240 g/mol. The molecule has 0 bridgehead atoms. The van der Waals surface area contributed by atoms with Crippen molar-refractivity contribution >= 4 is 12.2 Å². The lowest BCUT2D eigenvalue weighted by Gasteiger charge is -2.08. The van der Waals surface area contributed by atoms with E-state index in [0.717, 1.165) is 0 Å². The first kappa shape index (κ1) is 13.6. The molecule has 5 N–H and O–H groups in total. The van der Waals surface area contributed by atoms with Gasteiger partial charge in [-0.2, -0.15) is 5.10 Å². The monoisotopic (exact) mass is 254 g/mol. The second-order valence-corrected chi connectivity index (χ2v) is 3.10. The highest BCUT2D eigenvalue weighted by molar-refractivity contribution is 5.88. The Morgan fingerprint density at radius 2 is 2.11 bits per heavy atom. The van der Waals surface area contributed by atoms with E-state index in [2.05, 4.69) is 10.2 Å². The van der Waals surface area contributed by atoms with Crippen LogP contribution >= 0.6 is 0 Å². The van der Waals surface area contributed by atoms with Crippen LogP contribution in [0.5, 0.6) is 17.2 Å². The summed E-state index contributed by atoms with van der Waals surface area (Å²) in [6, 6.07) is 2.99. The van der Waals surface area contributed by atoms with Gasteiger partial charge in [-0.1, -0.05) is 0 Å². The molecule has 0 amide bonds. The fourth-order valence-electron chi connectivity index (χ4n) is 1.18. The summed E-state index contributed by atoms with van der Waals surface area (Å²) in [5, 5.41) is 25.1. The predicted molar refractivity (Wildman–Crippen MR) is 65.3 cm³/mol. The van der Waals surface area contributed by atoms with Crippen LogP contribution in [0.4, 0.5) is 0 Å². The summed E-state index contributed by atoms with van der Waals surface area (Å²) in [6.07, 6.45) is 1.23. The molecule has 18 heavy (non-hydrogen) atoms. The lowest BCUT2D eigenvalue weighted by atomic mass is 10.2. The maximum Gasteiger partial charge on any atom is 0.237 e. The maximum atomic E-state index is 9.76. The largest absolute Gasteiger partial charge is 0.507 e. The molecule has 0 fully saturated rings. The fourth-order valence-corrected chi connectivity index (χ4v) is 1.18. The average molecular weight is 254 g/mol. The number of nitrogens with one attached hydrogen (secondary N) is 1. The van der Waals surface area contributed by atoms with Crippen LogP contribution in [0, 0.1) is 0 Å². The van der Waals surface area contributed by atoms with Crippen molar-refractivity contribution in [3.8, 4) is 17.2 Å². The van der Waals surface area contributed by atoms with Crippen molar-refractivity contribution < 1.29 is 19.8 Å². The van der Waals surface area contributed by atoms with Crippen molar-refractivity contribution in [2.45, 2.75) is 0 Å². The number of hydrogen-bond donors (Lipinski definition) is 4. The van der Waals surface area contributed by atoms with Crippen LogP contribution in [0.15, 0.2) is 22.3 Å². The van der Waals surface area contributed by atoms with Crippen molar-refractivity contribution in [3.05, 3.63) is 17.7 Å². The van der Waals surface area contributed by atoms with E-state index in [9.17, 15) is 5.11 Å². The summed E-state index contributed by atoms with van der Waals surface area (Å²) in [6.45, 7) is 0. The van der Waals surface area contributed by atoms with Crippen molar-refractivity contribution in [2.75, 3.05) is 14.2 Å². The zero-order valence-corrected chi connectivity index (χ0v) is 9.91. The number of nitrogens with zero attached hydrogens (tertiary/aromatic N) is 2. The molecule has 8 nitrogen and oxygen atoms in total. The third kappa shape index (κ3) is 3.25. The van der Waals surface area contributed by atoms with Gasteiger partial charge < -0.3 is 20.3 Å². The normalized spacial score (nSPS) is 11.6. The third-order valence-electron chi connectivity index (χ3n) is 2.02. The lowest BCUT2D eigenvalue weighted by Crippen LogP contribution is -2.27. The van der Waals surface area contributed by atoms with Gasteiger partial charge in [-0.3, -0.25) is 5.21 Å². The van der Waals surface area contributed by atoms with Crippen LogP contribution in [-0.2, 0) is 0 Å². The summed E-state index contributed by atoms with van der Waals surface area (Å²) < 4.78 is 10.1. The highest BCUT2D eigenvalue weighted by atomic mass is 16.5. The highest BCUT2D eigenvalue weighted by Crippen LogP contribution is 2.31. The Labute approximate surface area is 103 Å². The van der Waals surface area contributed by atoms with E-state index in [4.69, 9.17) is 20.4 Å². The number of phenolic OH excluding ortho intramolecular Hbond substituents is 1. The number of methoxy groups -OCH3 is 2. The summed E-state index contributed by atoms with van der Waals surface area (Å²) >= 11 is 0. The topological polar surface area (TPSA) is 122 Å². The number of benzene rings is 1. The molecule has 0 aliphatic carbocycles. The van der Waals surface area contributed by atoms with Crippen LogP contribution in [0.2, 0.25) is 0 Å². The Bertz CT molecular complexity index is 473. The van der Waals surface area contributed by atoms with E-state index in [1.54, 1.807) is 11.5 Å². The van der Waals surface area contributed by atoms with Crippen LogP contribution < -0.4 is 20.7 Å². The number of aromatic hydroxyl groups is 1. The first-order chi connectivity index (χ1) is 8.62. The second kappa shape index (κ2) is 6.30. The van der Waals surface area contributed by atoms with Crippen LogP contribution in [0.25, 0.3) is 0 Å². The number of phenols is 1. The van der Waals surface area contributed by atoms with E-state index in [-0.39, 0.29) is 11.7 Å². The van der Waals surface area contributed by atoms with Gasteiger partial charge in [-0.05, 0) is 0 Å². The number of hydroxylamine groups is 1. The molecule has 0 saturated carbocycles. The van der Waals surface area contributed by atoms with Gasteiger partial charge in [0.25, 0.3) is 0 Å². The van der Waals surface area contributed by atoms with Crippen molar-refractivity contribution in [2.24, 2.45) is 15.9 Å². The summed E-state index contributed by atoms with van der Waals surface area (Å²) in [4.78, 5) is 0. The average Bonchev–Trinajstić information content (AvgIpc) is 2.39. The van der Waals surface area contributed by atoms with Gasteiger partial charge >= 0.3 is 0 Å². The molecule has 0 unspecified atom stereocenters. The minimum atomic E-state index is -0.279. The molecule has 1 rings (SSSR count). The SMILES string of the molecule is COc1cc(O)c(/C=N/N=C(/N)NO)c(OC)c1.